The van der Waals surface area contributed by atoms with Gasteiger partial charge in [-0.3, -0.25) is 0 Å². The van der Waals surface area contributed by atoms with Gasteiger partial charge in [0.05, 0.1) is 22.3 Å². The van der Waals surface area contributed by atoms with Crippen LogP contribution in [0.3, 0.4) is 0 Å². The van der Waals surface area contributed by atoms with E-state index in [4.69, 9.17) is 27.9 Å². The van der Waals surface area contributed by atoms with Gasteiger partial charge < -0.3 is 10.1 Å². The fraction of sp³-hybridized carbons (Fsp3) is 0.455. The quantitative estimate of drug-likeness (QED) is 0.854. The minimum Gasteiger partial charge on any atom is -0.383 e. The van der Waals surface area contributed by atoms with E-state index in [2.05, 4.69) is 12.2 Å². The molecule has 2 nitrogen and oxygen atoms in total. The SMILES string of the molecule is CCC(COC)Nc1c(Cl)cccc1Cl. The molecule has 0 heterocycles. The predicted molar refractivity (Wildman–Crippen MR) is 66.0 cm³/mol. The van der Waals surface area contributed by atoms with Gasteiger partial charge in [-0.25, -0.2) is 0 Å². The van der Waals surface area contributed by atoms with E-state index in [-0.39, 0.29) is 6.04 Å². The second-order valence-electron chi connectivity index (χ2n) is 3.30. The Hall–Kier alpha value is -0.440. The van der Waals surface area contributed by atoms with Crippen LogP contribution in [0, 0.1) is 0 Å². The molecule has 1 aromatic rings. The molecule has 0 spiro atoms. The van der Waals surface area contributed by atoms with Crippen LogP contribution in [0.15, 0.2) is 18.2 Å². The summed E-state index contributed by atoms with van der Waals surface area (Å²) in [6.45, 7) is 2.72. The van der Waals surface area contributed by atoms with Gasteiger partial charge in [0, 0.05) is 13.2 Å². The first-order valence-corrected chi connectivity index (χ1v) is 5.64. The maximum Gasteiger partial charge on any atom is 0.0721 e. The van der Waals surface area contributed by atoms with Crippen LogP contribution in [0.2, 0.25) is 10.0 Å². The number of rotatable bonds is 5. The number of ether oxygens (including phenoxy) is 1. The Kier molecular flexibility index (Phi) is 5.23. The lowest BCUT2D eigenvalue weighted by molar-refractivity contribution is 0.184. The largest absolute Gasteiger partial charge is 0.383 e. The van der Waals surface area contributed by atoms with E-state index in [1.165, 1.54) is 0 Å². The van der Waals surface area contributed by atoms with Crippen molar-refractivity contribution in [3.63, 3.8) is 0 Å². The van der Waals surface area contributed by atoms with Gasteiger partial charge in [-0.2, -0.15) is 0 Å². The van der Waals surface area contributed by atoms with Gasteiger partial charge in [-0.1, -0.05) is 36.2 Å². The zero-order valence-corrected chi connectivity index (χ0v) is 10.4. The molecule has 0 bridgehead atoms. The van der Waals surface area contributed by atoms with E-state index in [9.17, 15) is 0 Å². The molecular formula is C11H15Cl2NO. The highest BCUT2D eigenvalue weighted by Gasteiger charge is 2.10. The van der Waals surface area contributed by atoms with E-state index in [0.717, 1.165) is 12.1 Å². The Morgan fingerprint density at radius 1 is 1.33 bits per heavy atom. The summed E-state index contributed by atoms with van der Waals surface area (Å²) in [6, 6.07) is 5.69. The molecule has 84 valence electrons. The molecule has 0 saturated heterocycles. The zero-order valence-electron chi connectivity index (χ0n) is 8.89. The van der Waals surface area contributed by atoms with Gasteiger partial charge >= 0.3 is 0 Å². The van der Waals surface area contributed by atoms with Crippen LogP contribution < -0.4 is 5.32 Å². The lowest BCUT2D eigenvalue weighted by atomic mass is 10.2. The molecule has 15 heavy (non-hydrogen) atoms. The van der Waals surface area contributed by atoms with Crippen molar-refractivity contribution < 1.29 is 4.74 Å². The number of para-hydroxylation sites is 1. The maximum atomic E-state index is 6.04. The third-order valence-electron chi connectivity index (χ3n) is 2.17. The van der Waals surface area contributed by atoms with Crippen LogP contribution in [-0.2, 0) is 4.74 Å². The first kappa shape index (κ1) is 12.6. The highest BCUT2D eigenvalue weighted by atomic mass is 35.5. The monoisotopic (exact) mass is 247 g/mol. The molecule has 1 rings (SSSR count). The molecule has 1 aromatic carbocycles. The Balaban J connectivity index is 2.78. The van der Waals surface area contributed by atoms with Crippen LogP contribution in [-0.4, -0.2) is 19.8 Å². The number of methoxy groups -OCH3 is 1. The average molecular weight is 248 g/mol. The average Bonchev–Trinajstić information content (AvgIpc) is 2.22. The minimum atomic E-state index is 0.229. The number of hydrogen-bond donors (Lipinski definition) is 1. The molecule has 0 radical (unpaired) electrons. The summed E-state index contributed by atoms with van der Waals surface area (Å²) >= 11 is 12.1. The summed E-state index contributed by atoms with van der Waals surface area (Å²) in [5.74, 6) is 0. The van der Waals surface area contributed by atoms with Gasteiger partial charge in [0.15, 0.2) is 0 Å². The molecule has 0 aliphatic rings. The van der Waals surface area contributed by atoms with Gasteiger partial charge in [-0.15, -0.1) is 0 Å². The topological polar surface area (TPSA) is 21.3 Å². The molecule has 0 amide bonds. The third kappa shape index (κ3) is 3.56. The number of halogens is 2. The normalized spacial score (nSPS) is 12.5. The molecule has 0 aliphatic heterocycles. The van der Waals surface area contributed by atoms with E-state index in [1.54, 1.807) is 7.11 Å². The Morgan fingerprint density at radius 2 is 1.93 bits per heavy atom. The molecule has 0 saturated carbocycles. The van der Waals surface area contributed by atoms with Crippen molar-refractivity contribution >= 4 is 28.9 Å². The summed E-state index contributed by atoms with van der Waals surface area (Å²) in [5.41, 5.74) is 0.782. The van der Waals surface area contributed by atoms with Crippen molar-refractivity contribution in [1.29, 1.82) is 0 Å². The van der Waals surface area contributed by atoms with Crippen LogP contribution in [0.1, 0.15) is 13.3 Å². The van der Waals surface area contributed by atoms with Crippen LogP contribution in [0.5, 0.6) is 0 Å². The number of nitrogens with one attached hydrogen (secondary N) is 1. The first-order valence-electron chi connectivity index (χ1n) is 4.88. The summed E-state index contributed by atoms with van der Waals surface area (Å²) in [7, 11) is 1.68. The molecular weight excluding hydrogens is 233 g/mol. The maximum absolute atomic E-state index is 6.04. The lowest BCUT2D eigenvalue weighted by Crippen LogP contribution is -2.24. The summed E-state index contributed by atoms with van der Waals surface area (Å²) < 4.78 is 5.10. The fourth-order valence-corrected chi connectivity index (χ4v) is 1.81. The van der Waals surface area contributed by atoms with E-state index >= 15 is 0 Å². The molecule has 4 heteroatoms. The fourth-order valence-electron chi connectivity index (χ4n) is 1.30. The number of hydrogen-bond acceptors (Lipinski definition) is 2. The lowest BCUT2D eigenvalue weighted by Gasteiger charge is -2.19. The Bertz CT molecular complexity index is 297. The second kappa shape index (κ2) is 6.21. The summed E-state index contributed by atoms with van der Waals surface area (Å²) in [6.07, 6.45) is 0.954. The molecule has 0 aromatic heterocycles. The van der Waals surface area contributed by atoms with Crippen molar-refractivity contribution in [2.24, 2.45) is 0 Å². The number of anilines is 1. The molecule has 1 N–H and O–H groups in total. The summed E-state index contributed by atoms with van der Waals surface area (Å²) in [5, 5.41) is 4.55. The van der Waals surface area contributed by atoms with Crippen LogP contribution >= 0.6 is 23.2 Å². The predicted octanol–water partition coefficient (Wildman–Crippen LogP) is 3.83. The van der Waals surface area contributed by atoms with Crippen molar-refractivity contribution in [1.82, 2.24) is 0 Å². The van der Waals surface area contributed by atoms with Crippen LogP contribution in [0.4, 0.5) is 5.69 Å². The number of benzene rings is 1. The Morgan fingerprint density at radius 3 is 2.40 bits per heavy atom. The molecule has 1 atom stereocenters. The second-order valence-corrected chi connectivity index (χ2v) is 4.12. The zero-order chi connectivity index (χ0) is 11.3. The molecule has 0 aliphatic carbocycles. The van der Waals surface area contributed by atoms with E-state index < -0.39 is 0 Å². The van der Waals surface area contributed by atoms with Gasteiger partial charge in [0.1, 0.15) is 0 Å². The first-order chi connectivity index (χ1) is 7.19. The van der Waals surface area contributed by atoms with Crippen molar-refractivity contribution in [2.45, 2.75) is 19.4 Å². The third-order valence-corrected chi connectivity index (χ3v) is 2.80. The smallest absolute Gasteiger partial charge is 0.0721 e. The minimum absolute atomic E-state index is 0.229. The van der Waals surface area contributed by atoms with Crippen molar-refractivity contribution in [3.05, 3.63) is 28.2 Å². The standard InChI is InChI=1S/C11H15Cl2NO/c1-3-8(7-15-2)14-11-9(12)5-4-6-10(11)13/h4-6,8,14H,3,7H2,1-2H3. The Labute approximate surface area is 101 Å². The highest BCUT2D eigenvalue weighted by molar-refractivity contribution is 6.39. The van der Waals surface area contributed by atoms with Gasteiger partial charge in [0.2, 0.25) is 0 Å². The summed E-state index contributed by atoms with van der Waals surface area (Å²) in [4.78, 5) is 0. The van der Waals surface area contributed by atoms with Crippen molar-refractivity contribution in [3.8, 4) is 0 Å². The molecule has 1 unspecified atom stereocenters. The van der Waals surface area contributed by atoms with Gasteiger partial charge in [-0.05, 0) is 18.6 Å². The van der Waals surface area contributed by atoms with Gasteiger partial charge in [0.25, 0.3) is 0 Å². The molecule has 0 fully saturated rings. The van der Waals surface area contributed by atoms with E-state index in [1.807, 2.05) is 18.2 Å². The highest BCUT2D eigenvalue weighted by Crippen LogP contribution is 2.30. The van der Waals surface area contributed by atoms with E-state index in [0.29, 0.717) is 16.7 Å². The van der Waals surface area contributed by atoms with Crippen molar-refractivity contribution in [2.75, 3.05) is 19.0 Å². The van der Waals surface area contributed by atoms with Crippen LogP contribution in [0.25, 0.3) is 0 Å².